The summed E-state index contributed by atoms with van der Waals surface area (Å²) in [7, 11) is 0. The number of benzene rings is 1. The van der Waals surface area contributed by atoms with E-state index in [2.05, 4.69) is 18.3 Å². The SMILES string of the molecule is CC1CCC(CNCc2cc(Cl)c3c(c2)OCCCO3)C1. The predicted octanol–water partition coefficient (Wildman–Crippen LogP) is 4.03. The van der Waals surface area contributed by atoms with Crippen LogP contribution in [-0.2, 0) is 6.54 Å². The molecule has 1 aromatic rings. The molecule has 0 amide bonds. The van der Waals surface area contributed by atoms with Crippen molar-refractivity contribution in [3.8, 4) is 11.5 Å². The van der Waals surface area contributed by atoms with Gasteiger partial charge in [-0.3, -0.25) is 0 Å². The van der Waals surface area contributed by atoms with E-state index in [1.807, 2.05) is 6.07 Å². The molecule has 116 valence electrons. The molecule has 1 fully saturated rings. The van der Waals surface area contributed by atoms with Crippen LogP contribution in [0.2, 0.25) is 5.02 Å². The van der Waals surface area contributed by atoms with Gasteiger partial charge in [0.2, 0.25) is 0 Å². The van der Waals surface area contributed by atoms with E-state index in [1.165, 1.54) is 19.3 Å². The third-order valence-corrected chi connectivity index (χ3v) is 4.71. The summed E-state index contributed by atoms with van der Waals surface area (Å²) in [5.41, 5.74) is 1.16. The molecular weight excluding hydrogens is 286 g/mol. The first-order chi connectivity index (χ1) is 10.2. The Morgan fingerprint density at radius 1 is 1.24 bits per heavy atom. The van der Waals surface area contributed by atoms with Gasteiger partial charge in [0.25, 0.3) is 0 Å². The van der Waals surface area contributed by atoms with E-state index in [9.17, 15) is 0 Å². The highest BCUT2D eigenvalue weighted by Crippen LogP contribution is 2.38. The third-order valence-electron chi connectivity index (χ3n) is 4.43. The van der Waals surface area contributed by atoms with Crippen molar-refractivity contribution in [3.63, 3.8) is 0 Å². The maximum atomic E-state index is 6.31. The Labute approximate surface area is 132 Å². The van der Waals surface area contributed by atoms with Crippen molar-refractivity contribution in [2.75, 3.05) is 19.8 Å². The normalized spacial score (nSPS) is 24.9. The van der Waals surface area contributed by atoms with E-state index in [1.54, 1.807) is 0 Å². The second-order valence-corrected chi connectivity index (χ2v) is 6.78. The Balaban J connectivity index is 1.58. The summed E-state index contributed by atoms with van der Waals surface area (Å²) < 4.78 is 11.4. The molecule has 3 rings (SSSR count). The number of rotatable bonds is 4. The molecule has 2 aliphatic rings. The lowest BCUT2D eigenvalue weighted by molar-refractivity contribution is 0.297. The monoisotopic (exact) mass is 309 g/mol. The smallest absolute Gasteiger partial charge is 0.179 e. The van der Waals surface area contributed by atoms with Crippen LogP contribution in [0.25, 0.3) is 0 Å². The fraction of sp³-hybridized carbons (Fsp3) is 0.647. The summed E-state index contributed by atoms with van der Waals surface area (Å²) in [5, 5.41) is 4.21. The van der Waals surface area contributed by atoms with Crippen LogP contribution in [-0.4, -0.2) is 19.8 Å². The Morgan fingerprint density at radius 3 is 2.90 bits per heavy atom. The zero-order chi connectivity index (χ0) is 14.7. The van der Waals surface area contributed by atoms with Gasteiger partial charge in [-0.2, -0.15) is 0 Å². The molecule has 1 saturated carbocycles. The number of hydrogen-bond acceptors (Lipinski definition) is 3. The van der Waals surface area contributed by atoms with Gasteiger partial charge < -0.3 is 14.8 Å². The first-order valence-corrected chi connectivity index (χ1v) is 8.39. The van der Waals surface area contributed by atoms with Gasteiger partial charge in [-0.15, -0.1) is 0 Å². The van der Waals surface area contributed by atoms with Gasteiger partial charge in [0.1, 0.15) is 0 Å². The minimum atomic E-state index is 0.653. The molecule has 1 heterocycles. The number of halogens is 1. The Kier molecular flexibility index (Phi) is 4.91. The lowest BCUT2D eigenvalue weighted by Gasteiger charge is -2.14. The summed E-state index contributed by atoms with van der Waals surface area (Å²) in [6.07, 6.45) is 4.99. The van der Waals surface area contributed by atoms with Crippen molar-refractivity contribution in [1.29, 1.82) is 0 Å². The standard InChI is InChI=1S/C17H24ClNO2/c1-12-3-4-13(7-12)10-19-11-14-8-15(18)17-16(9-14)20-5-2-6-21-17/h8-9,12-13,19H,2-7,10-11H2,1H3. The molecule has 1 aliphatic heterocycles. The van der Waals surface area contributed by atoms with Crippen molar-refractivity contribution in [2.24, 2.45) is 11.8 Å². The number of fused-ring (bicyclic) bond motifs is 1. The maximum absolute atomic E-state index is 6.31. The molecule has 1 aliphatic carbocycles. The van der Waals surface area contributed by atoms with E-state index in [4.69, 9.17) is 21.1 Å². The molecular formula is C17H24ClNO2. The van der Waals surface area contributed by atoms with Crippen LogP contribution < -0.4 is 14.8 Å². The summed E-state index contributed by atoms with van der Waals surface area (Å²) in [4.78, 5) is 0. The molecule has 0 saturated heterocycles. The minimum Gasteiger partial charge on any atom is -0.489 e. The van der Waals surface area contributed by atoms with Gasteiger partial charge in [-0.1, -0.05) is 24.9 Å². The largest absolute Gasteiger partial charge is 0.489 e. The number of hydrogen-bond donors (Lipinski definition) is 1. The van der Waals surface area contributed by atoms with Crippen molar-refractivity contribution in [2.45, 2.75) is 39.2 Å². The van der Waals surface area contributed by atoms with Crippen molar-refractivity contribution in [3.05, 3.63) is 22.7 Å². The molecule has 0 bridgehead atoms. The highest BCUT2D eigenvalue weighted by Gasteiger charge is 2.21. The van der Waals surface area contributed by atoms with Crippen LogP contribution in [0.1, 0.15) is 38.2 Å². The van der Waals surface area contributed by atoms with E-state index in [0.29, 0.717) is 24.0 Å². The van der Waals surface area contributed by atoms with Crippen molar-refractivity contribution < 1.29 is 9.47 Å². The molecule has 4 heteroatoms. The lowest BCUT2D eigenvalue weighted by Crippen LogP contribution is -2.21. The zero-order valence-corrected chi connectivity index (χ0v) is 13.4. The summed E-state index contributed by atoms with van der Waals surface area (Å²) in [6, 6.07) is 4.04. The van der Waals surface area contributed by atoms with Crippen LogP contribution >= 0.6 is 11.6 Å². The first kappa shape index (κ1) is 15.0. The van der Waals surface area contributed by atoms with Gasteiger partial charge in [-0.25, -0.2) is 0 Å². The number of nitrogens with one attached hydrogen (secondary N) is 1. The fourth-order valence-corrected chi connectivity index (χ4v) is 3.61. The summed E-state index contributed by atoms with van der Waals surface area (Å²) >= 11 is 6.31. The average Bonchev–Trinajstić information content (AvgIpc) is 2.73. The van der Waals surface area contributed by atoms with Crippen LogP contribution in [0.3, 0.4) is 0 Å². The van der Waals surface area contributed by atoms with Gasteiger partial charge >= 0.3 is 0 Å². The lowest BCUT2D eigenvalue weighted by atomic mass is 10.1. The molecule has 0 aromatic heterocycles. The highest BCUT2D eigenvalue weighted by atomic mass is 35.5. The minimum absolute atomic E-state index is 0.653. The molecule has 0 spiro atoms. The molecule has 1 aromatic carbocycles. The van der Waals surface area contributed by atoms with Gasteiger partial charge in [0, 0.05) is 13.0 Å². The second kappa shape index (κ2) is 6.89. The van der Waals surface area contributed by atoms with E-state index >= 15 is 0 Å². The molecule has 3 nitrogen and oxygen atoms in total. The van der Waals surface area contributed by atoms with Gasteiger partial charge in [0.05, 0.1) is 18.2 Å². The molecule has 2 unspecified atom stereocenters. The van der Waals surface area contributed by atoms with E-state index in [0.717, 1.165) is 42.7 Å². The predicted molar refractivity (Wildman–Crippen MR) is 85.3 cm³/mol. The molecule has 0 radical (unpaired) electrons. The highest BCUT2D eigenvalue weighted by molar-refractivity contribution is 6.32. The molecule has 2 atom stereocenters. The third kappa shape index (κ3) is 3.83. The quantitative estimate of drug-likeness (QED) is 0.911. The molecule has 1 N–H and O–H groups in total. The van der Waals surface area contributed by atoms with Crippen LogP contribution in [0.5, 0.6) is 11.5 Å². The van der Waals surface area contributed by atoms with Gasteiger partial charge in [0.15, 0.2) is 11.5 Å². The average molecular weight is 310 g/mol. The van der Waals surface area contributed by atoms with Crippen molar-refractivity contribution >= 4 is 11.6 Å². The van der Waals surface area contributed by atoms with E-state index < -0.39 is 0 Å². The Hall–Kier alpha value is -0.930. The topological polar surface area (TPSA) is 30.5 Å². The zero-order valence-electron chi connectivity index (χ0n) is 12.7. The maximum Gasteiger partial charge on any atom is 0.179 e. The Morgan fingerprint density at radius 2 is 2.10 bits per heavy atom. The summed E-state index contributed by atoms with van der Waals surface area (Å²) in [6.45, 7) is 5.64. The Bertz CT molecular complexity index is 492. The van der Waals surface area contributed by atoms with Crippen LogP contribution in [0, 0.1) is 11.8 Å². The first-order valence-electron chi connectivity index (χ1n) is 8.01. The second-order valence-electron chi connectivity index (χ2n) is 6.37. The van der Waals surface area contributed by atoms with Crippen LogP contribution in [0.15, 0.2) is 12.1 Å². The summed E-state index contributed by atoms with van der Waals surface area (Å²) in [5.74, 6) is 3.20. The van der Waals surface area contributed by atoms with E-state index in [-0.39, 0.29) is 0 Å². The van der Waals surface area contributed by atoms with Gasteiger partial charge in [-0.05, 0) is 48.9 Å². The van der Waals surface area contributed by atoms with Crippen LogP contribution in [0.4, 0.5) is 0 Å². The van der Waals surface area contributed by atoms with Crippen molar-refractivity contribution in [1.82, 2.24) is 5.32 Å². The number of ether oxygens (including phenoxy) is 2. The fourth-order valence-electron chi connectivity index (χ4n) is 3.32. The molecule has 21 heavy (non-hydrogen) atoms.